The zero-order valence-corrected chi connectivity index (χ0v) is 27.4. The van der Waals surface area contributed by atoms with Crippen LogP contribution in [0.15, 0.2) is 34.8 Å². The highest BCUT2D eigenvalue weighted by Gasteiger charge is 2.58. The monoisotopic (exact) mass is 688 g/mol. The lowest BCUT2D eigenvalue weighted by molar-refractivity contribution is -0.896. The van der Waals surface area contributed by atoms with E-state index in [4.69, 9.17) is 25.3 Å². The van der Waals surface area contributed by atoms with Gasteiger partial charge >= 0.3 is 10.4 Å². The van der Waals surface area contributed by atoms with Crippen LogP contribution in [0.2, 0.25) is 0 Å². The highest BCUT2D eigenvalue weighted by atomic mass is 35.5. The topological polar surface area (TPSA) is 219 Å². The number of carbonyl (C=O) groups excluding carboxylic acids is 2. The number of nitrogens with zero attached hydrogens (tertiary/aromatic N) is 4. The molecule has 6 N–H and O–H groups in total. The van der Waals surface area contributed by atoms with Crippen LogP contribution in [0.4, 0.5) is 5.13 Å². The summed E-state index contributed by atoms with van der Waals surface area (Å²) < 4.78 is 42.0. The molecule has 2 fully saturated rings. The van der Waals surface area contributed by atoms with Gasteiger partial charge in [0.25, 0.3) is 11.8 Å². The van der Waals surface area contributed by atoms with E-state index in [1.807, 2.05) is 0 Å². The van der Waals surface area contributed by atoms with Gasteiger partial charge in [-0.3, -0.25) is 19.6 Å². The first-order valence-electron chi connectivity index (χ1n) is 13.8. The summed E-state index contributed by atoms with van der Waals surface area (Å²) in [6, 6.07) is 5.86. The van der Waals surface area contributed by atoms with Gasteiger partial charge < -0.3 is 42.8 Å². The summed E-state index contributed by atoms with van der Waals surface area (Å²) in [5.74, 6) is -0.838. The fourth-order valence-corrected chi connectivity index (χ4v) is 5.92. The summed E-state index contributed by atoms with van der Waals surface area (Å²) in [7, 11) is -2.69. The highest BCUT2D eigenvalue weighted by molar-refractivity contribution is 7.80. The number of carbonyl (C=O) groups is 2. The van der Waals surface area contributed by atoms with Crippen LogP contribution in [0.25, 0.3) is 0 Å². The second-order valence-electron chi connectivity index (χ2n) is 11.2. The molecule has 0 radical (unpaired) electrons. The van der Waals surface area contributed by atoms with Crippen molar-refractivity contribution in [2.24, 2.45) is 5.16 Å². The van der Waals surface area contributed by atoms with Crippen LogP contribution < -0.4 is 33.5 Å². The van der Waals surface area contributed by atoms with Crippen molar-refractivity contribution in [3.05, 3.63) is 40.9 Å². The number of nitrogens with one attached hydrogen (secondary N) is 3. The molecular weight excluding hydrogens is 652 g/mol. The Bertz CT molecular complexity index is 1510. The Morgan fingerprint density at radius 1 is 1.27 bits per heavy atom. The first kappa shape index (κ1) is 35.9. The number of amidine groups is 1. The van der Waals surface area contributed by atoms with E-state index in [1.54, 1.807) is 24.3 Å². The summed E-state index contributed by atoms with van der Waals surface area (Å²) in [6.45, 7) is 6.97. The number of aromatic nitrogens is 1. The van der Waals surface area contributed by atoms with Gasteiger partial charge in [0, 0.05) is 23.8 Å². The zero-order chi connectivity index (χ0) is 32.1. The summed E-state index contributed by atoms with van der Waals surface area (Å²) in [5, 5.41) is 19.9. The van der Waals surface area contributed by atoms with Crippen molar-refractivity contribution >= 4 is 50.2 Å². The van der Waals surface area contributed by atoms with E-state index in [0.717, 1.165) is 34.5 Å². The number of halogens is 1. The third-order valence-corrected chi connectivity index (χ3v) is 8.45. The van der Waals surface area contributed by atoms with Gasteiger partial charge in [-0.05, 0) is 38.1 Å². The van der Waals surface area contributed by atoms with Crippen molar-refractivity contribution in [1.82, 2.24) is 20.7 Å². The molecule has 2 amide bonds. The third kappa shape index (κ3) is 9.24. The van der Waals surface area contributed by atoms with Crippen LogP contribution >= 0.6 is 11.3 Å². The van der Waals surface area contributed by atoms with Crippen LogP contribution in [-0.2, 0) is 29.1 Å². The van der Waals surface area contributed by atoms with Crippen molar-refractivity contribution in [3.8, 4) is 5.75 Å². The molecule has 4 rings (SSSR count). The number of hydroxylamine groups is 2. The molecule has 2 aliphatic rings. The lowest BCUT2D eigenvalue weighted by Crippen LogP contribution is -3.00. The molecule has 248 valence electrons. The second kappa shape index (κ2) is 14.7. The standard InChI is InChI=1S/C26H36N8O8S2.ClH/c1-26(2)21(24(36)33(26)42-44(37,38)39)31-23(35)20(19-16-43-25(28)30-19)32-41-15-14-40-18-8-6-17(7-9-18)22(27)29-10-13-34(3)11-4-5-12-34;/h6-9,16,21H,4-5,10-15H2,1-3H3,(H5-,27,28,29,30,31,35,37,38,39);1H/b32-20-;/t21-;/m1./s1. The summed E-state index contributed by atoms with van der Waals surface area (Å²) in [6.07, 6.45) is 2.51. The van der Waals surface area contributed by atoms with E-state index < -0.39 is 33.8 Å². The van der Waals surface area contributed by atoms with Gasteiger partial charge in [-0.1, -0.05) is 5.16 Å². The molecule has 45 heavy (non-hydrogen) atoms. The van der Waals surface area contributed by atoms with E-state index in [-0.39, 0.29) is 42.2 Å². The third-order valence-electron chi connectivity index (χ3n) is 7.44. The molecule has 0 spiro atoms. The Labute approximate surface area is 271 Å². The first-order valence-corrected chi connectivity index (χ1v) is 16.1. The van der Waals surface area contributed by atoms with Crippen molar-refractivity contribution < 1.29 is 53.3 Å². The molecule has 0 aliphatic carbocycles. The minimum atomic E-state index is -4.95. The van der Waals surface area contributed by atoms with Crippen molar-refractivity contribution in [3.63, 3.8) is 0 Å². The predicted molar refractivity (Wildman–Crippen MR) is 161 cm³/mol. The maximum Gasteiger partial charge on any atom is 0.418 e. The average Bonchev–Trinajstić information content (AvgIpc) is 3.59. The number of likely N-dealkylation sites (tertiary alicyclic amines) is 1. The van der Waals surface area contributed by atoms with Gasteiger partial charge in [-0.2, -0.15) is 13.5 Å². The SMILES string of the molecule is CC1(C)[C@H](NC(=O)/C(=N\OCCOc2ccc(C(=N)NCC[N+]3(C)CCCC3)cc2)c2csc(N)n2)C(=O)N1OS(=O)(=O)O.[Cl-]. The van der Waals surface area contributed by atoms with Crippen LogP contribution in [0.3, 0.4) is 0 Å². The summed E-state index contributed by atoms with van der Waals surface area (Å²) in [5.41, 5.74) is 4.95. The molecule has 0 saturated carbocycles. The van der Waals surface area contributed by atoms with Crippen molar-refractivity contribution in [1.29, 1.82) is 5.41 Å². The van der Waals surface area contributed by atoms with Crippen LogP contribution in [0.1, 0.15) is 37.9 Å². The number of anilines is 1. The van der Waals surface area contributed by atoms with Gasteiger partial charge in [0.2, 0.25) is 0 Å². The molecule has 19 heteroatoms. The number of quaternary nitrogens is 1. The largest absolute Gasteiger partial charge is 1.00 e. The van der Waals surface area contributed by atoms with Crippen molar-refractivity contribution in [2.45, 2.75) is 38.3 Å². The Morgan fingerprint density at radius 3 is 2.51 bits per heavy atom. The summed E-state index contributed by atoms with van der Waals surface area (Å²) >= 11 is 1.07. The molecule has 2 aromatic rings. The van der Waals surface area contributed by atoms with Gasteiger partial charge in [-0.25, -0.2) is 4.98 Å². The molecule has 0 unspecified atom stereocenters. The van der Waals surface area contributed by atoms with Crippen LogP contribution in [0, 0.1) is 5.41 Å². The Hall–Kier alpha value is -3.55. The Kier molecular flexibility index (Phi) is 11.7. The van der Waals surface area contributed by atoms with E-state index in [1.165, 1.54) is 45.2 Å². The smallest absolute Gasteiger partial charge is 0.418 e. The number of amides is 2. The van der Waals surface area contributed by atoms with Gasteiger partial charge in [-0.15, -0.1) is 15.6 Å². The molecule has 3 heterocycles. The van der Waals surface area contributed by atoms with Gasteiger partial charge in [0.1, 0.15) is 29.9 Å². The number of benzene rings is 1. The Balaban J connectivity index is 0.00000552. The molecule has 2 saturated heterocycles. The number of hydrogen-bond donors (Lipinski definition) is 5. The molecule has 16 nitrogen and oxygen atoms in total. The second-order valence-corrected chi connectivity index (χ2v) is 13.1. The number of oxime groups is 1. The maximum absolute atomic E-state index is 13.1. The highest BCUT2D eigenvalue weighted by Crippen LogP contribution is 2.33. The molecule has 1 aromatic carbocycles. The van der Waals surface area contributed by atoms with Gasteiger partial charge in [0.15, 0.2) is 17.5 Å². The maximum atomic E-state index is 13.1. The molecule has 2 aliphatic heterocycles. The average molecular weight is 689 g/mol. The molecule has 1 aromatic heterocycles. The predicted octanol–water partition coefficient (Wildman–Crippen LogP) is -2.48. The minimum absolute atomic E-state index is 0. The molecular formula is C26H37ClN8O8S2. The normalized spacial score (nSPS) is 18.8. The van der Waals surface area contributed by atoms with Crippen LogP contribution in [0.5, 0.6) is 5.75 Å². The number of ether oxygens (including phenoxy) is 1. The summed E-state index contributed by atoms with van der Waals surface area (Å²) in [4.78, 5) is 34.9. The lowest BCUT2D eigenvalue weighted by Gasteiger charge is -2.50. The number of rotatable bonds is 14. The quantitative estimate of drug-likeness (QED) is 0.0266. The van der Waals surface area contributed by atoms with E-state index >= 15 is 0 Å². The first-order chi connectivity index (χ1) is 20.7. The number of thiazole rings is 1. The number of likely N-dealkylation sites (N-methyl/N-ethyl adjacent to an activating group) is 1. The van der Waals surface area contributed by atoms with E-state index in [9.17, 15) is 18.0 Å². The van der Waals surface area contributed by atoms with Crippen LogP contribution in [-0.4, -0.2) is 109 Å². The fourth-order valence-electron chi connectivity index (χ4n) is 4.92. The molecule has 0 bridgehead atoms. The van der Waals surface area contributed by atoms with E-state index in [2.05, 4.69) is 32.1 Å². The number of nitrogen functional groups attached to an aromatic ring is 1. The number of β-lactam (4-membered cyclic amide) rings is 1. The Morgan fingerprint density at radius 2 is 1.93 bits per heavy atom. The van der Waals surface area contributed by atoms with Gasteiger partial charge in [0.05, 0.1) is 38.8 Å². The number of nitrogens with two attached hydrogens (primary N) is 1. The molecule has 1 atom stereocenters. The lowest BCUT2D eigenvalue weighted by atomic mass is 9.84. The number of hydrogen-bond acceptors (Lipinski definition) is 12. The van der Waals surface area contributed by atoms with E-state index in [0.29, 0.717) is 16.6 Å². The minimum Gasteiger partial charge on any atom is -1.00 e. The fraction of sp³-hybridized carbons (Fsp3) is 0.500. The van der Waals surface area contributed by atoms with Crippen molar-refractivity contribution in [2.75, 3.05) is 52.2 Å². The zero-order valence-electron chi connectivity index (χ0n) is 25.0.